The van der Waals surface area contributed by atoms with Gasteiger partial charge < -0.3 is 15.4 Å². The summed E-state index contributed by atoms with van der Waals surface area (Å²) in [6.45, 7) is 3.74. The zero-order valence-corrected chi connectivity index (χ0v) is 16.6. The van der Waals surface area contributed by atoms with Gasteiger partial charge in [-0.1, -0.05) is 43.2 Å². The van der Waals surface area contributed by atoms with Crippen molar-refractivity contribution >= 4 is 29.9 Å². The van der Waals surface area contributed by atoms with Crippen LogP contribution in [-0.4, -0.2) is 32.2 Å². The predicted molar refractivity (Wildman–Crippen MR) is 108 cm³/mol. The van der Waals surface area contributed by atoms with Crippen molar-refractivity contribution in [1.82, 2.24) is 10.6 Å². The van der Waals surface area contributed by atoms with E-state index in [1.54, 1.807) is 0 Å². The van der Waals surface area contributed by atoms with Crippen LogP contribution in [-0.2, 0) is 4.74 Å². The van der Waals surface area contributed by atoms with Crippen LogP contribution in [0.2, 0.25) is 0 Å². The molecule has 0 aromatic heterocycles. The minimum atomic E-state index is 0. The Bertz CT molecular complexity index is 447. The van der Waals surface area contributed by atoms with Gasteiger partial charge in [0.2, 0.25) is 0 Å². The zero-order valence-electron chi connectivity index (χ0n) is 14.3. The molecule has 1 aromatic carbocycles. The van der Waals surface area contributed by atoms with Crippen LogP contribution in [0.3, 0.4) is 0 Å². The van der Waals surface area contributed by atoms with Crippen molar-refractivity contribution in [3.05, 3.63) is 35.9 Å². The van der Waals surface area contributed by atoms with E-state index in [-0.39, 0.29) is 30.1 Å². The number of nitrogens with one attached hydrogen (secondary N) is 2. The summed E-state index contributed by atoms with van der Waals surface area (Å²) in [6, 6.07) is 10.9. The summed E-state index contributed by atoms with van der Waals surface area (Å²) in [6.07, 6.45) is 6.32. The fourth-order valence-electron chi connectivity index (χ4n) is 2.82. The summed E-state index contributed by atoms with van der Waals surface area (Å²) >= 11 is 0. The number of hydrogen-bond acceptors (Lipinski definition) is 2. The molecule has 0 radical (unpaired) electrons. The number of rotatable bonds is 7. The molecule has 1 unspecified atom stereocenters. The Morgan fingerprint density at radius 1 is 1.26 bits per heavy atom. The van der Waals surface area contributed by atoms with Gasteiger partial charge >= 0.3 is 0 Å². The highest BCUT2D eigenvalue weighted by Gasteiger charge is 2.15. The van der Waals surface area contributed by atoms with E-state index in [1.807, 2.05) is 13.1 Å². The Morgan fingerprint density at radius 2 is 1.96 bits per heavy atom. The van der Waals surface area contributed by atoms with E-state index in [9.17, 15) is 0 Å². The molecule has 2 N–H and O–H groups in total. The first-order valence-electron chi connectivity index (χ1n) is 8.43. The predicted octanol–water partition coefficient (Wildman–Crippen LogP) is 3.88. The van der Waals surface area contributed by atoms with Crippen molar-refractivity contribution in [1.29, 1.82) is 0 Å². The van der Waals surface area contributed by atoms with Crippen molar-refractivity contribution in [2.24, 2.45) is 4.99 Å². The third-order valence-electron chi connectivity index (χ3n) is 4.17. The lowest BCUT2D eigenvalue weighted by Gasteiger charge is -2.17. The molecule has 0 saturated heterocycles. The highest BCUT2D eigenvalue weighted by molar-refractivity contribution is 14.0. The van der Waals surface area contributed by atoms with Gasteiger partial charge in [0.25, 0.3) is 0 Å². The van der Waals surface area contributed by atoms with Crippen LogP contribution in [0.1, 0.15) is 50.7 Å². The van der Waals surface area contributed by atoms with Gasteiger partial charge in [0.15, 0.2) is 5.96 Å². The number of aliphatic imine (C=N–C) groups is 1. The highest BCUT2D eigenvalue weighted by Crippen LogP contribution is 2.17. The number of benzene rings is 1. The van der Waals surface area contributed by atoms with Gasteiger partial charge in [-0.15, -0.1) is 24.0 Å². The normalized spacial score (nSPS) is 16.7. The molecule has 1 saturated carbocycles. The standard InChI is InChI=1S/C18H29N3O.HI/c1-15(16-9-4-3-5-10-16)22-14-8-13-20-18(19-2)21-17-11-6-7-12-17;/h3-5,9-10,15,17H,6-8,11-14H2,1-2H3,(H2,19,20,21);1H. The number of halogens is 1. The number of nitrogens with zero attached hydrogens (tertiary/aromatic N) is 1. The van der Waals surface area contributed by atoms with Crippen LogP contribution in [0.4, 0.5) is 0 Å². The van der Waals surface area contributed by atoms with Crippen molar-refractivity contribution in [2.75, 3.05) is 20.2 Å². The fraction of sp³-hybridized carbons (Fsp3) is 0.611. The molecule has 0 bridgehead atoms. The number of ether oxygens (including phenoxy) is 1. The molecule has 5 heteroatoms. The topological polar surface area (TPSA) is 45.7 Å². The van der Waals surface area contributed by atoms with E-state index in [2.05, 4.69) is 46.8 Å². The average Bonchev–Trinajstić information content (AvgIpc) is 3.07. The summed E-state index contributed by atoms with van der Waals surface area (Å²) in [5, 5.41) is 6.86. The van der Waals surface area contributed by atoms with E-state index in [1.165, 1.54) is 31.2 Å². The van der Waals surface area contributed by atoms with Gasteiger partial charge in [0, 0.05) is 26.2 Å². The molecular weight excluding hydrogens is 401 g/mol. The maximum absolute atomic E-state index is 5.88. The molecule has 0 aliphatic heterocycles. The van der Waals surface area contributed by atoms with Crippen molar-refractivity contribution in [3.63, 3.8) is 0 Å². The molecule has 1 fully saturated rings. The monoisotopic (exact) mass is 431 g/mol. The molecular formula is C18H30IN3O. The Kier molecular flexibility index (Phi) is 10.3. The van der Waals surface area contributed by atoms with E-state index in [0.717, 1.165) is 25.5 Å². The largest absolute Gasteiger partial charge is 0.374 e. The Morgan fingerprint density at radius 3 is 2.61 bits per heavy atom. The summed E-state index contributed by atoms with van der Waals surface area (Å²) < 4.78 is 5.88. The molecule has 0 spiro atoms. The maximum atomic E-state index is 5.88. The Hall–Kier alpha value is -0.820. The highest BCUT2D eigenvalue weighted by atomic mass is 127. The first-order valence-corrected chi connectivity index (χ1v) is 8.43. The molecule has 130 valence electrons. The molecule has 0 heterocycles. The van der Waals surface area contributed by atoms with E-state index < -0.39 is 0 Å². The first kappa shape index (κ1) is 20.2. The second kappa shape index (κ2) is 11.7. The Labute approximate surface area is 157 Å². The summed E-state index contributed by atoms with van der Waals surface area (Å²) in [5.74, 6) is 0.919. The van der Waals surface area contributed by atoms with Crippen LogP contribution in [0.25, 0.3) is 0 Å². The molecule has 23 heavy (non-hydrogen) atoms. The molecule has 4 nitrogen and oxygen atoms in total. The minimum absolute atomic E-state index is 0. The molecule has 0 amide bonds. The first-order chi connectivity index (χ1) is 10.8. The number of hydrogen-bond donors (Lipinski definition) is 2. The summed E-state index contributed by atoms with van der Waals surface area (Å²) in [7, 11) is 1.83. The van der Waals surface area contributed by atoms with Crippen molar-refractivity contribution in [2.45, 2.75) is 51.2 Å². The lowest BCUT2D eigenvalue weighted by Crippen LogP contribution is -2.42. The van der Waals surface area contributed by atoms with Crippen LogP contribution in [0.15, 0.2) is 35.3 Å². The zero-order chi connectivity index (χ0) is 15.6. The maximum Gasteiger partial charge on any atom is 0.191 e. The molecule has 1 aromatic rings. The van der Waals surface area contributed by atoms with Crippen molar-refractivity contribution < 1.29 is 4.74 Å². The summed E-state index contributed by atoms with van der Waals surface area (Å²) in [4.78, 5) is 4.29. The SMILES string of the molecule is CN=C(NCCCOC(C)c1ccccc1)NC1CCCC1.I. The molecule has 1 aliphatic rings. The lowest BCUT2D eigenvalue weighted by atomic mass is 10.1. The second-order valence-corrected chi connectivity index (χ2v) is 5.90. The Balaban J connectivity index is 0.00000264. The van der Waals surface area contributed by atoms with Crippen LogP contribution < -0.4 is 10.6 Å². The van der Waals surface area contributed by atoms with Gasteiger partial charge in [0.05, 0.1) is 6.10 Å². The van der Waals surface area contributed by atoms with Gasteiger partial charge in [0.1, 0.15) is 0 Å². The second-order valence-electron chi connectivity index (χ2n) is 5.90. The van der Waals surface area contributed by atoms with E-state index in [4.69, 9.17) is 4.74 Å². The summed E-state index contributed by atoms with van der Waals surface area (Å²) in [5.41, 5.74) is 1.23. The fourth-order valence-corrected chi connectivity index (χ4v) is 2.82. The van der Waals surface area contributed by atoms with E-state index in [0.29, 0.717) is 6.04 Å². The third-order valence-corrected chi connectivity index (χ3v) is 4.17. The molecule has 1 atom stereocenters. The van der Waals surface area contributed by atoms with Gasteiger partial charge in [-0.2, -0.15) is 0 Å². The third kappa shape index (κ3) is 7.52. The molecule has 2 rings (SSSR count). The van der Waals surface area contributed by atoms with Gasteiger partial charge in [-0.3, -0.25) is 4.99 Å². The minimum Gasteiger partial charge on any atom is -0.374 e. The van der Waals surface area contributed by atoms with Crippen LogP contribution in [0.5, 0.6) is 0 Å². The van der Waals surface area contributed by atoms with Gasteiger partial charge in [-0.25, -0.2) is 0 Å². The lowest BCUT2D eigenvalue weighted by molar-refractivity contribution is 0.0646. The van der Waals surface area contributed by atoms with Crippen LogP contribution in [0, 0.1) is 0 Å². The average molecular weight is 431 g/mol. The van der Waals surface area contributed by atoms with Crippen LogP contribution >= 0.6 is 24.0 Å². The smallest absolute Gasteiger partial charge is 0.191 e. The van der Waals surface area contributed by atoms with Gasteiger partial charge in [-0.05, 0) is 31.7 Å². The van der Waals surface area contributed by atoms with Crippen molar-refractivity contribution in [3.8, 4) is 0 Å². The van der Waals surface area contributed by atoms with E-state index >= 15 is 0 Å². The quantitative estimate of drug-likeness (QED) is 0.298. The molecule has 1 aliphatic carbocycles. The number of guanidine groups is 1.